The smallest absolute Gasteiger partial charge is 0.230 e. The third-order valence-electron chi connectivity index (χ3n) is 6.00. The predicted molar refractivity (Wildman–Crippen MR) is 126 cm³/mol. The van der Waals surface area contributed by atoms with Crippen LogP contribution in [0.1, 0.15) is 34.7 Å². The molecule has 1 aliphatic rings. The number of hydrazone groups is 1. The summed E-state index contributed by atoms with van der Waals surface area (Å²) in [5, 5.41) is 6.50. The second-order valence-electron chi connectivity index (χ2n) is 8.12. The molecule has 5 heteroatoms. The van der Waals surface area contributed by atoms with Gasteiger partial charge < -0.3 is 4.42 Å². The van der Waals surface area contributed by atoms with E-state index in [1.54, 1.807) is 6.92 Å². The van der Waals surface area contributed by atoms with E-state index in [1.165, 1.54) is 5.01 Å². The van der Waals surface area contributed by atoms with Crippen LogP contribution in [-0.2, 0) is 4.79 Å². The summed E-state index contributed by atoms with van der Waals surface area (Å²) in [6.07, 6.45) is 1.34. The number of benzene rings is 3. The van der Waals surface area contributed by atoms with E-state index in [-0.39, 0.29) is 11.5 Å². The first-order valence-corrected chi connectivity index (χ1v) is 10.6. The minimum absolute atomic E-state index is 0.0621. The van der Waals surface area contributed by atoms with Crippen LogP contribution in [-0.4, -0.2) is 17.1 Å². The van der Waals surface area contributed by atoms with Gasteiger partial charge in [0.25, 0.3) is 0 Å². The van der Waals surface area contributed by atoms with E-state index < -0.39 is 0 Å². The maximum atomic E-state index is 13.2. The Morgan fingerprint density at radius 1 is 0.969 bits per heavy atom. The van der Waals surface area contributed by atoms with E-state index in [4.69, 9.17) is 4.42 Å². The fourth-order valence-corrected chi connectivity index (χ4v) is 4.19. The van der Waals surface area contributed by atoms with Crippen molar-refractivity contribution < 1.29 is 9.21 Å². The monoisotopic (exact) mass is 422 g/mol. The number of carbonyl (C=O) groups excluding carboxylic acids is 1. The molecule has 0 saturated carbocycles. The van der Waals surface area contributed by atoms with E-state index >= 15 is 0 Å². The lowest BCUT2D eigenvalue weighted by atomic mass is 9.97. The predicted octanol–water partition coefficient (Wildman–Crippen LogP) is 5.38. The Kier molecular flexibility index (Phi) is 4.94. The molecule has 0 N–H and O–H groups in total. The van der Waals surface area contributed by atoms with Gasteiger partial charge >= 0.3 is 0 Å². The van der Waals surface area contributed by atoms with Crippen LogP contribution in [0.4, 0.5) is 0 Å². The van der Waals surface area contributed by atoms with Crippen LogP contribution in [0.15, 0.2) is 87.1 Å². The average Bonchev–Trinajstić information content (AvgIpc) is 3.27. The van der Waals surface area contributed by atoms with Gasteiger partial charge in [-0.05, 0) is 43.2 Å². The standard InChI is InChI=1S/C27H22N2O3/c1-17-8-10-19(11-9-17)24-15-23(28-29(24)16-30)21-12-13-25-22(14-21)26(31)18(2)27(32-25)20-6-4-3-5-7-20/h3-14,16,24H,15H2,1-2H3. The topological polar surface area (TPSA) is 62.9 Å². The van der Waals surface area contributed by atoms with Crippen LogP contribution in [0.2, 0.25) is 0 Å². The second-order valence-corrected chi connectivity index (χ2v) is 8.12. The summed E-state index contributed by atoms with van der Waals surface area (Å²) in [6.45, 7) is 3.82. The summed E-state index contributed by atoms with van der Waals surface area (Å²) in [6, 6.07) is 23.1. The van der Waals surface area contributed by atoms with Crippen molar-refractivity contribution in [2.45, 2.75) is 26.3 Å². The Labute approximate surface area is 185 Å². The summed E-state index contributed by atoms with van der Waals surface area (Å²) in [5.41, 5.74) is 5.70. The molecule has 1 aromatic heterocycles. The molecule has 5 rings (SSSR count). The number of rotatable bonds is 4. The highest BCUT2D eigenvalue weighted by atomic mass is 16.3. The zero-order valence-corrected chi connectivity index (χ0v) is 17.9. The third kappa shape index (κ3) is 3.42. The van der Waals surface area contributed by atoms with E-state index in [9.17, 15) is 9.59 Å². The van der Waals surface area contributed by atoms with Crippen molar-refractivity contribution in [3.05, 3.63) is 105 Å². The Morgan fingerprint density at radius 3 is 2.44 bits per heavy atom. The molecule has 158 valence electrons. The van der Waals surface area contributed by atoms with Gasteiger partial charge in [-0.1, -0.05) is 60.2 Å². The fraction of sp³-hybridized carbons (Fsp3) is 0.148. The molecule has 0 aliphatic carbocycles. The lowest BCUT2D eigenvalue weighted by molar-refractivity contribution is -0.119. The molecule has 4 aromatic rings. The molecule has 2 heterocycles. The number of aryl methyl sites for hydroxylation is 1. The summed E-state index contributed by atoms with van der Waals surface area (Å²) < 4.78 is 6.11. The highest BCUT2D eigenvalue weighted by Crippen LogP contribution is 2.33. The Hall–Kier alpha value is -3.99. The maximum absolute atomic E-state index is 13.2. The third-order valence-corrected chi connectivity index (χ3v) is 6.00. The van der Waals surface area contributed by atoms with E-state index in [0.29, 0.717) is 28.7 Å². The molecule has 5 nitrogen and oxygen atoms in total. The van der Waals surface area contributed by atoms with Crippen molar-refractivity contribution in [3.8, 4) is 11.3 Å². The molecule has 3 aromatic carbocycles. The highest BCUT2D eigenvalue weighted by molar-refractivity contribution is 6.04. The molecule has 0 fully saturated rings. The first kappa shape index (κ1) is 19.9. The number of nitrogens with zero attached hydrogens (tertiary/aromatic N) is 2. The number of amides is 1. The van der Waals surface area contributed by atoms with Gasteiger partial charge in [-0.3, -0.25) is 9.59 Å². The Morgan fingerprint density at radius 2 is 1.72 bits per heavy atom. The van der Waals surface area contributed by atoms with Crippen LogP contribution >= 0.6 is 0 Å². The minimum atomic E-state index is -0.155. The molecule has 1 aliphatic heterocycles. The van der Waals surface area contributed by atoms with Crippen molar-refractivity contribution in [1.29, 1.82) is 0 Å². The maximum Gasteiger partial charge on any atom is 0.230 e. The molecular formula is C27H22N2O3. The molecular weight excluding hydrogens is 400 g/mol. The van der Waals surface area contributed by atoms with Gasteiger partial charge in [0.15, 0.2) is 5.43 Å². The van der Waals surface area contributed by atoms with Crippen LogP contribution in [0.25, 0.3) is 22.3 Å². The number of carbonyl (C=O) groups is 1. The van der Waals surface area contributed by atoms with Crippen LogP contribution < -0.4 is 5.43 Å². The molecule has 1 unspecified atom stereocenters. The van der Waals surface area contributed by atoms with Gasteiger partial charge in [0, 0.05) is 17.5 Å². The molecule has 32 heavy (non-hydrogen) atoms. The van der Waals surface area contributed by atoms with Gasteiger partial charge in [0.05, 0.1) is 17.1 Å². The first-order chi connectivity index (χ1) is 15.5. The first-order valence-electron chi connectivity index (χ1n) is 10.6. The number of hydrogen-bond acceptors (Lipinski definition) is 4. The van der Waals surface area contributed by atoms with Crippen molar-refractivity contribution >= 4 is 23.1 Å². The molecule has 0 radical (unpaired) electrons. The van der Waals surface area contributed by atoms with Crippen LogP contribution in [0, 0.1) is 13.8 Å². The Bertz CT molecular complexity index is 1400. The quantitative estimate of drug-likeness (QED) is 0.415. The molecule has 0 saturated heterocycles. The molecule has 0 spiro atoms. The summed E-state index contributed by atoms with van der Waals surface area (Å²) in [5.74, 6) is 0.584. The van der Waals surface area contributed by atoms with Gasteiger partial charge in [-0.2, -0.15) is 5.10 Å². The summed E-state index contributed by atoms with van der Waals surface area (Å²) in [4.78, 5) is 24.8. The highest BCUT2D eigenvalue weighted by Gasteiger charge is 2.29. The zero-order chi connectivity index (χ0) is 22.2. The van der Waals surface area contributed by atoms with E-state index in [0.717, 1.165) is 34.4 Å². The van der Waals surface area contributed by atoms with Crippen molar-refractivity contribution in [3.63, 3.8) is 0 Å². The van der Waals surface area contributed by atoms with Gasteiger partial charge in [0.1, 0.15) is 11.3 Å². The molecule has 0 bridgehead atoms. The second kappa shape index (κ2) is 7.93. The minimum Gasteiger partial charge on any atom is -0.456 e. The Balaban J connectivity index is 1.54. The normalized spacial score (nSPS) is 15.8. The van der Waals surface area contributed by atoms with Gasteiger partial charge in [0.2, 0.25) is 6.41 Å². The summed E-state index contributed by atoms with van der Waals surface area (Å²) in [7, 11) is 0. The SMILES string of the molecule is Cc1ccc(C2CC(c3ccc4oc(-c5ccccc5)c(C)c(=O)c4c3)=NN2C=O)cc1. The lowest BCUT2D eigenvalue weighted by Gasteiger charge is -2.17. The number of fused-ring (bicyclic) bond motifs is 1. The van der Waals surface area contributed by atoms with Crippen molar-refractivity contribution in [1.82, 2.24) is 5.01 Å². The molecule has 1 amide bonds. The fourth-order valence-electron chi connectivity index (χ4n) is 4.19. The summed E-state index contributed by atoms with van der Waals surface area (Å²) >= 11 is 0. The van der Waals surface area contributed by atoms with E-state index in [1.807, 2.05) is 79.7 Å². The molecule has 1 atom stereocenters. The zero-order valence-electron chi connectivity index (χ0n) is 17.9. The number of hydrogen-bond donors (Lipinski definition) is 0. The van der Waals surface area contributed by atoms with E-state index in [2.05, 4.69) is 5.10 Å². The lowest BCUT2D eigenvalue weighted by Crippen LogP contribution is -2.17. The van der Waals surface area contributed by atoms with Gasteiger partial charge in [-0.15, -0.1) is 0 Å². The largest absolute Gasteiger partial charge is 0.456 e. The van der Waals surface area contributed by atoms with Crippen LogP contribution in [0.3, 0.4) is 0 Å². The average molecular weight is 422 g/mol. The van der Waals surface area contributed by atoms with Gasteiger partial charge in [-0.25, -0.2) is 5.01 Å². The van der Waals surface area contributed by atoms with Crippen molar-refractivity contribution in [2.24, 2.45) is 5.10 Å². The van der Waals surface area contributed by atoms with Crippen molar-refractivity contribution in [2.75, 3.05) is 0 Å². The van der Waals surface area contributed by atoms with Crippen LogP contribution in [0.5, 0.6) is 0 Å².